The molecule has 0 saturated carbocycles. The number of nitrogens with one attached hydrogen (secondary N) is 1. The van der Waals surface area contributed by atoms with Crippen molar-refractivity contribution in [1.82, 2.24) is 14.5 Å². The standard InChI is InChI=1S/C22H15ClN4O2/c23-17-12-18-19(20-16(17)9-11-29-20)21(25-13-14-6-4-5-10-24-14)26-22(28)27(18)15-7-2-1-3-8-15/h1-12H,13H2,(H,25,26,28). The van der Waals surface area contributed by atoms with Crippen LogP contribution in [-0.2, 0) is 6.54 Å². The maximum atomic E-state index is 13.0. The Morgan fingerprint density at radius 1 is 1.07 bits per heavy atom. The Morgan fingerprint density at radius 3 is 2.69 bits per heavy atom. The first-order valence-corrected chi connectivity index (χ1v) is 9.42. The lowest BCUT2D eigenvalue weighted by Gasteiger charge is -2.14. The number of anilines is 1. The summed E-state index contributed by atoms with van der Waals surface area (Å²) in [7, 11) is 0. The molecular weight excluding hydrogens is 388 g/mol. The summed E-state index contributed by atoms with van der Waals surface area (Å²) in [6, 6.07) is 18.6. The predicted molar refractivity (Wildman–Crippen MR) is 114 cm³/mol. The van der Waals surface area contributed by atoms with E-state index in [4.69, 9.17) is 16.0 Å². The average Bonchev–Trinajstić information content (AvgIpc) is 3.24. The van der Waals surface area contributed by atoms with Gasteiger partial charge in [-0.2, -0.15) is 4.98 Å². The van der Waals surface area contributed by atoms with Crippen molar-refractivity contribution >= 4 is 39.3 Å². The minimum Gasteiger partial charge on any atom is -0.463 e. The molecule has 0 atom stereocenters. The second-order valence-electron chi connectivity index (χ2n) is 6.50. The van der Waals surface area contributed by atoms with Crippen LogP contribution >= 0.6 is 11.6 Å². The van der Waals surface area contributed by atoms with Gasteiger partial charge in [-0.3, -0.25) is 9.55 Å². The molecule has 6 nitrogen and oxygen atoms in total. The quantitative estimate of drug-likeness (QED) is 0.467. The Labute approximate surface area is 170 Å². The number of para-hydroxylation sites is 1. The van der Waals surface area contributed by atoms with Crippen LogP contribution in [0.2, 0.25) is 5.02 Å². The van der Waals surface area contributed by atoms with E-state index in [1.807, 2.05) is 48.5 Å². The molecule has 0 bridgehead atoms. The van der Waals surface area contributed by atoms with Crippen molar-refractivity contribution in [2.75, 3.05) is 5.32 Å². The highest BCUT2D eigenvalue weighted by atomic mass is 35.5. The Morgan fingerprint density at radius 2 is 1.90 bits per heavy atom. The molecular formula is C22H15ClN4O2. The molecule has 142 valence electrons. The minimum atomic E-state index is -0.408. The van der Waals surface area contributed by atoms with E-state index in [-0.39, 0.29) is 0 Å². The van der Waals surface area contributed by atoms with E-state index in [1.54, 1.807) is 24.6 Å². The largest absolute Gasteiger partial charge is 0.463 e. The van der Waals surface area contributed by atoms with Crippen molar-refractivity contribution in [3.05, 3.63) is 94.3 Å². The van der Waals surface area contributed by atoms with Crippen molar-refractivity contribution < 1.29 is 4.42 Å². The van der Waals surface area contributed by atoms with Gasteiger partial charge in [-0.1, -0.05) is 35.9 Å². The first-order chi connectivity index (χ1) is 14.2. The Kier molecular flexibility index (Phi) is 4.26. The van der Waals surface area contributed by atoms with Crippen LogP contribution in [0.4, 0.5) is 5.82 Å². The van der Waals surface area contributed by atoms with Crippen LogP contribution in [-0.4, -0.2) is 14.5 Å². The molecule has 1 N–H and O–H groups in total. The Bertz CT molecular complexity index is 1380. The van der Waals surface area contributed by atoms with Crippen LogP contribution in [0.1, 0.15) is 5.69 Å². The fourth-order valence-corrected chi connectivity index (χ4v) is 3.67. The number of hydrogen-bond acceptors (Lipinski definition) is 5. The van der Waals surface area contributed by atoms with Gasteiger partial charge in [0.25, 0.3) is 0 Å². The third kappa shape index (κ3) is 3.03. The van der Waals surface area contributed by atoms with E-state index in [0.29, 0.717) is 39.6 Å². The molecule has 0 unspecified atom stereocenters. The Hall–Kier alpha value is -3.64. The molecule has 3 heterocycles. The minimum absolute atomic E-state index is 0.408. The summed E-state index contributed by atoms with van der Waals surface area (Å²) in [4.78, 5) is 21.6. The molecule has 3 aromatic heterocycles. The van der Waals surface area contributed by atoms with Crippen molar-refractivity contribution in [3.8, 4) is 5.69 Å². The summed E-state index contributed by atoms with van der Waals surface area (Å²) in [5, 5.41) is 5.19. The average molecular weight is 403 g/mol. The van der Waals surface area contributed by atoms with Crippen LogP contribution in [0, 0.1) is 0 Å². The number of pyridine rings is 1. The summed E-state index contributed by atoms with van der Waals surface area (Å²) >= 11 is 6.49. The van der Waals surface area contributed by atoms with Crippen LogP contribution < -0.4 is 11.0 Å². The summed E-state index contributed by atoms with van der Waals surface area (Å²) < 4.78 is 7.28. The molecule has 7 heteroatoms. The van der Waals surface area contributed by atoms with Gasteiger partial charge in [0.2, 0.25) is 0 Å². The fraction of sp³-hybridized carbons (Fsp3) is 0.0455. The SMILES string of the molecule is O=c1nc(NCc2ccccn2)c2c3occc3c(Cl)cc2n1-c1ccccc1. The summed E-state index contributed by atoms with van der Waals surface area (Å²) in [6.45, 7) is 0.419. The zero-order valence-electron chi connectivity index (χ0n) is 15.2. The molecule has 0 fully saturated rings. The normalized spacial score (nSPS) is 11.2. The number of fused-ring (bicyclic) bond motifs is 3. The number of nitrogens with zero attached hydrogens (tertiary/aromatic N) is 3. The summed E-state index contributed by atoms with van der Waals surface area (Å²) in [5.41, 5.74) is 2.32. The molecule has 0 saturated heterocycles. The highest BCUT2D eigenvalue weighted by Crippen LogP contribution is 2.35. The number of furan rings is 1. The first-order valence-electron chi connectivity index (χ1n) is 9.04. The molecule has 0 amide bonds. The number of aromatic nitrogens is 3. The van der Waals surface area contributed by atoms with Crippen molar-refractivity contribution in [2.45, 2.75) is 6.54 Å². The highest BCUT2D eigenvalue weighted by molar-refractivity contribution is 6.37. The topological polar surface area (TPSA) is 73.0 Å². The molecule has 0 spiro atoms. The number of rotatable bonds is 4. The Balaban J connectivity index is 1.78. The van der Waals surface area contributed by atoms with Crippen molar-refractivity contribution in [2.24, 2.45) is 0 Å². The van der Waals surface area contributed by atoms with E-state index < -0.39 is 5.69 Å². The van der Waals surface area contributed by atoms with Crippen LogP contribution in [0.3, 0.4) is 0 Å². The molecule has 5 aromatic rings. The zero-order chi connectivity index (χ0) is 19.8. The maximum Gasteiger partial charge on any atom is 0.354 e. The van der Waals surface area contributed by atoms with Gasteiger partial charge in [0.1, 0.15) is 11.4 Å². The monoisotopic (exact) mass is 402 g/mol. The van der Waals surface area contributed by atoms with Gasteiger partial charge in [-0.25, -0.2) is 4.79 Å². The third-order valence-corrected chi connectivity index (χ3v) is 5.04. The van der Waals surface area contributed by atoms with E-state index in [0.717, 1.165) is 11.1 Å². The van der Waals surface area contributed by atoms with E-state index in [9.17, 15) is 4.79 Å². The first kappa shape index (κ1) is 17.5. The number of benzene rings is 2. The second kappa shape index (κ2) is 7.07. The van der Waals surface area contributed by atoms with Crippen molar-refractivity contribution in [1.29, 1.82) is 0 Å². The second-order valence-corrected chi connectivity index (χ2v) is 6.91. The summed E-state index contributed by atoms with van der Waals surface area (Å²) in [5.74, 6) is 0.430. The van der Waals surface area contributed by atoms with Crippen LogP contribution in [0.15, 0.2) is 82.3 Å². The predicted octanol–water partition coefficient (Wildman–Crippen LogP) is 4.79. The van der Waals surface area contributed by atoms with E-state index >= 15 is 0 Å². The molecule has 0 aliphatic heterocycles. The molecule has 5 rings (SSSR count). The third-order valence-electron chi connectivity index (χ3n) is 4.72. The molecule has 0 aliphatic carbocycles. The van der Waals surface area contributed by atoms with Gasteiger partial charge in [-0.05, 0) is 36.4 Å². The van der Waals surface area contributed by atoms with E-state index in [1.165, 1.54) is 4.57 Å². The molecule has 29 heavy (non-hydrogen) atoms. The lowest BCUT2D eigenvalue weighted by Crippen LogP contribution is -2.23. The smallest absolute Gasteiger partial charge is 0.354 e. The number of halogens is 1. The van der Waals surface area contributed by atoms with Gasteiger partial charge in [0.15, 0.2) is 0 Å². The maximum absolute atomic E-state index is 13.0. The van der Waals surface area contributed by atoms with Gasteiger partial charge < -0.3 is 9.73 Å². The highest BCUT2D eigenvalue weighted by Gasteiger charge is 2.18. The van der Waals surface area contributed by atoms with Gasteiger partial charge >= 0.3 is 5.69 Å². The lowest BCUT2D eigenvalue weighted by atomic mass is 10.1. The molecule has 0 aliphatic rings. The van der Waals surface area contributed by atoms with E-state index in [2.05, 4.69) is 15.3 Å². The van der Waals surface area contributed by atoms with Crippen LogP contribution in [0.25, 0.3) is 27.6 Å². The van der Waals surface area contributed by atoms with Gasteiger partial charge in [0.05, 0.1) is 40.1 Å². The van der Waals surface area contributed by atoms with Crippen molar-refractivity contribution in [3.63, 3.8) is 0 Å². The van der Waals surface area contributed by atoms with Gasteiger partial charge in [0, 0.05) is 11.6 Å². The lowest BCUT2D eigenvalue weighted by molar-refractivity contribution is 0.619. The van der Waals surface area contributed by atoms with Crippen LogP contribution in [0.5, 0.6) is 0 Å². The summed E-state index contributed by atoms with van der Waals surface area (Å²) in [6.07, 6.45) is 3.30. The zero-order valence-corrected chi connectivity index (χ0v) is 15.9. The molecule has 0 radical (unpaired) electrons. The molecule has 2 aromatic carbocycles. The number of hydrogen-bond donors (Lipinski definition) is 1. The van der Waals surface area contributed by atoms with Gasteiger partial charge in [-0.15, -0.1) is 0 Å². The fourth-order valence-electron chi connectivity index (χ4n) is 3.42.